The summed E-state index contributed by atoms with van der Waals surface area (Å²) in [6, 6.07) is 0. The minimum atomic E-state index is -2.48. The normalized spacial score (nSPS) is 9.78. The Bertz CT molecular complexity index is 183. The van der Waals surface area contributed by atoms with E-state index in [1.807, 2.05) is 0 Å². The molecule has 0 amide bonds. The second-order valence-electron chi connectivity index (χ2n) is 1.26. The predicted octanol–water partition coefficient (Wildman–Crippen LogP) is 0.800. The van der Waals surface area contributed by atoms with Crippen LogP contribution >= 0.6 is 7.68 Å². The molecule has 0 bridgehead atoms. The number of carbonyl (C=O) groups is 1. The van der Waals surface area contributed by atoms with Crippen LogP contribution in [0.5, 0.6) is 0 Å². The largest absolute Gasteiger partial charge is 0.478 e. The lowest BCUT2D eigenvalue weighted by atomic mass is 10.5. The number of allylic oxidation sites excluding steroid dienone is 1. The molecule has 0 aromatic heterocycles. The second kappa shape index (κ2) is 4.04. The lowest BCUT2D eigenvalue weighted by molar-refractivity contribution is -0.131. The minimum absolute atomic E-state index is 0.207. The Morgan fingerprint density at radius 1 is 1.56 bits per heavy atom. The third kappa shape index (κ3) is 7.11. The predicted molar refractivity (Wildman–Crippen MR) is 29.9 cm³/mol. The van der Waals surface area contributed by atoms with Gasteiger partial charge in [0.05, 0.1) is 6.16 Å². The fourth-order valence-corrected chi connectivity index (χ4v) is 0.517. The second-order valence-corrected chi connectivity index (χ2v) is 2.29. The number of carboxylic acid groups (broad SMARTS) is 1. The van der Waals surface area contributed by atoms with Crippen LogP contribution < -0.4 is 0 Å². The number of rotatable bonds is 3. The van der Waals surface area contributed by atoms with Crippen LogP contribution in [0, 0.1) is 0 Å². The molecule has 0 atom stereocenters. The molecule has 5 heteroatoms. The molecule has 0 aliphatic rings. The van der Waals surface area contributed by atoms with E-state index in [0.29, 0.717) is 0 Å². The van der Waals surface area contributed by atoms with Crippen LogP contribution in [-0.2, 0) is 13.9 Å². The van der Waals surface area contributed by atoms with Gasteiger partial charge in [0.15, 0.2) is 0 Å². The Morgan fingerprint density at radius 3 is 2.44 bits per heavy atom. The van der Waals surface area contributed by atoms with Gasteiger partial charge in [-0.15, -0.1) is 0 Å². The summed E-state index contributed by atoms with van der Waals surface area (Å²) < 4.78 is 19.5. The van der Waals surface area contributed by atoms with Crippen molar-refractivity contribution < 1.29 is 19.0 Å². The third-order valence-corrected chi connectivity index (χ3v) is 1.02. The van der Waals surface area contributed by atoms with Crippen molar-refractivity contribution in [2.45, 2.75) is 0 Å². The lowest BCUT2D eigenvalue weighted by Crippen LogP contribution is -1.85. The molecular weight excluding hydrogens is 143 g/mol. The zero-order chi connectivity index (χ0) is 7.28. The Balaban J connectivity index is 3.61. The first-order valence-corrected chi connectivity index (χ1v) is 3.50. The first-order chi connectivity index (χ1) is 4.13. The van der Waals surface area contributed by atoms with Crippen molar-refractivity contribution >= 4 is 13.6 Å². The van der Waals surface area contributed by atoms with Gasteiger partial charge in [-0.25, -0.2) is 13.9 Å². The summed E-state index contributed by atoms with van der Waals surface area (Å²) in [6.07, 6.45) is 1.67. The molecule has 1 N–H and O–H groups in total. The van der Waals surface area contributed by atoms with Crippen LogP contribution in [0.4, 0.5) is 0 Å². The quantitative estimate of drug-likeness (QED) is 0.474. The van der Waals surface area contributed by atoms with Crippen molar-refractivity contribution in [3.05, 3.63) is 12.2 Å². The average molecular weight is 148 g/mol. The van der Waals surface area contributed by atoms with E-state index in [2.05, 4.69) is 0 Å². The van der Waals surface area contributed by atoms with E-state index < -0.39 is 13.6 Å². The topological polar surface area (TPSA) is 71.4 Å². The van der Waals surface area contributed by atoms with Crippen LogP contribution in [0.1, 0.15) is 0 Å². The highest BCUT2D eigenvalue weighted by atomic mass is 31.1. The Morgan fingerprint density at radius 2 is 2.11 bits per heavy atom. The highest BCUT2D eigenvalue weighted by Gasteiger charge is 1.86. The molecule has 0 rings (SSSR count). The summed E-state index contributed by atoms with van der Waals surface area (Å²) >= 11 is 0. The summed E-state index contributed by atoms with van der Waals surface area (Å²) in [5, 5.41) is 7.94. The van der Waals surface area contributed by atoms with Gasteiger partial charge in [0.2, 0.25) is 0 Å². The van der Waals surface area contributed by atoms with E-state index in [1.54, 1.807) is 0 Å². The fraction of sp³-hybridized carbons (Fsp3) is 0.250. The monoisotopic (exact) mass is 148 g/mol. The van der Waals surface area contributed by atoms with E-state index in [9.17, 15) is 13.9 Å². The molecule has 0 radical (unpaired) electrons. The van der Waals surface area contributed by atoms with Crippen LogP contribution in [0.3, 0.4) is 0 Å². The Labute approximate surface area is 52.0 Å². The van der Waals surface area contributed by atoms with Crippen molar-refractivity contribution in [1.29, 1.82) is 0 Å². The molecule has 0 aromatic carbocycles. The van der Waals surface area contributed by atoms with Crippen molar-refractivity contribution in [2.75, 3.05) is 6.16 Å². The molecule has 0 spiro atoms. The molecule has 0 aliphatic heterocycles. The SMILES string of the molecule is O=C(O)/C=C/CP(=O)=O. The standard InChI is InChI=1S/C4H5O4P/c5-4(6)2-1-3-9(7)8/h1-2H,3H2,(H,5,6)/b2-1+. The smallest absolute Gasteiger partial charge is 0.328 e. The van der Waals surface area contributed by atoms with Gasteiger partial charge in [-0.1, -0.05) is 6.08 Å². The van der Waals surface area contributed by atoms with Crippen LogP contribution in [0.15, 0.2) is 12.2 Å². The molecular formula is C4H5O4P. The van der Waals surface area contributed by atoms with E-state index >= 15 is 0 Å². The fourth-order valence-electron chi connectivity index (χ4n) is 0.240. The van der Waals surface area contributed by atoms with Crippen molar-refractivity contribution in [3.63, 3.8) is 0 Å². The van der Waals surface area contributed by atoms with Gasteiger partial charge in [0.25, 0.3) is 0 Å². The Hall–Kier alpha value is -0.890. The summed E-state index contributed by atoms with van der Waals surface area (Å²) in [5.41, 5.74) is 0. The van der Waals surface area contributed by atoms with Gasteiger partial charge < -0.3 is 5.11 Å². The highest BCUT2D eigenvalue weighted by molar-refractivity contribution is 7.31. The van der Waals surface area contributed by atoms with E-state index in [4.69, 9.17) is 5.11 Å². The van der Waals surface area contributed by atoms with Crippen molar-refractivity contribution in [1.82, 2.24) is 0 Å². The van der Waals surface area contributed by atoms with E-state index in [0.717, 1.165) is 12.2 Å². The van der Waals surface area contributed by atoms with E-state index in [-0.39, 0.29) is 6.16 Å². The number of carboxylic acids is 1. The first-order valence-electron chi connectivity index (χ1n) is 2.14. The zero-order valence-electron chi connectivity index (χ0n) is 4.48. The van der Waals surface area contributed by atoms with E-state index in [1.165, 1.54) is 0 Å². The minimum Gasteiger partial charge on any atom is -0.478 e. The van der Waals surface area contributed by atoms with Gasteiger partial charge in [-0.3, -0.25) is 0 Å². The molecule has 0 saturated heterocycles. The summed E-state index contributed by atoms with van der Waals surface area (Å²) in [5.74, 6) is -1.13. The molecule has 9 heavy (non-hydrogen) atoms. The van der Waals surface area contributed by atoms with Gasteiger partial charge in [0.1, 0.15) is 0 Å². The highest BCUT2D eigenvalue weighted by Crippen LogP contribution is 2.00. The first kappa shape index (κ1) is 8.11. The van der Waals surface area contributed by atoms with Gasteiger partial charge >= 0.3 is 13.6 Å². The molecule has 0 heterocycles. The Kier molecular flexibility index (Phi) is 3.64. The lowest BCUT2D eigenvalue weighted by Gasteiger charge is -1.73. The summed E-state index contributed by atoms with van der Waals surface area (Å²) in [6.45, 7) is 0. The maximum Gasteiger partial charge on any atom is 0.328 e. The molecule has 4 nitrogen and oxygen atoms in total. The zero-order valence-corrected chi connectivity index (χ0v) is 5.38. The molecule has 0 fully saturated rings. The van der Waals surface area contributed by atoms with Crippen LogP contribution in [0.25, 0.3) is 0 Å². The third-order valence-electron chi connectivity index (χ3n) is 0.515. The maximum atomic E-state index is 9.77. The number of aliphatic carboxylic acids is 1. The van der Waals surface area contributed by atoms with Crippen LogP contribution in [-0.4, -0.2) is 17.2 Å². The molecule has 0 unspecified atom stereocenters. The number of hydrogen-bond acceptors (Lipinski definition) is 3. The van der Waals surface area contributed by atoms with Crippen molar-refractivity contribution in [3.8, 4) is 0 Å². The summed E-state index contributed by atoms with van der Waals surface area (Å²) in [4.78, 5) is 9.70. The van der Waals surface area contributed by atoms with Crippen LogP contribution in [0.2, 0.25) is 0 Å². The molecule has 50 valence electrons. The summed E-state index contributed by atoms with van der Waals surface area (Å²) in [7, 11) is -2.48. The molecule has 0 aromatic rings. The number of hydrogen-bond donors (Lipinski definition) is 1. The average Bonchev–Trinajstić information content (AvgIpc) is 1.63. The van der Waals surface area contributed by atoms with Crippen molar-refractivity contribution in [2.24, 2.45) is 0 Å². The van der Waals surface area contributed by atoms with Gasteiger partial charge in [0, 0.05) is 6.08 Å². The van der Waals surface area contributed by atoms with Gasteiger partial charge in [-0.2, -0.15) is 0 Å². The van der Waals surface area contributed by atoms with Gasteiger partial charge in [-0.05, 0) is 0 Å². The molecule has 0 aliphatic carbocycles. The maximum absolute atomic E-state index is 9.77. The molecule has 0 saturated carbocycles.